The Bertz CT molecular complexity index is 1790. The average Bonchev–Trinajstić information content (AvgIpc) is 3.35. The lowest BCUT2D eigenvalue weighted by atomic mass is 9.90. The highest BCUT2D eigenvalue weighted by atomic mass is 16.2. The van der Waals surface area contributed by atoms with E-state index in [0.29, 0.717) is 12.1 Å². The van der Waals surface area contributed by atoms with Gasteiger partial charge >= 0.3 is 0 Å². The lowest BCUT2D eigenvalue weighted by molar-refractivity contribution is -0.126. The fourth-order valence-corrected chi connectivity index (χ4v) is 5.80. The normalized spacial score (nSPS) is 12.0. The number of aromatic nitrogens is 1. The first-order chi connectivity index (χ1) is 20.6. The van der Waals surface area contributed by atoms with E-state index in [1.807, 2.05) is 115 Å². The van der Waals surface area contributed by atoms with Crippen LogP contribution in [-0.2, 0) is 22.6 Å². The Labute approximate surface area is 245 Å². The molecule has 0 fully saturated rings. The van der Waals surface area contributed by atoms with Crippen molar-refractivity contribution < 1.29 is 9.59 Å². The summed E-state index contributed by atoms with van der Waals surface area (Å²) in [5.41, 5.74) is 5.70. The second kappa shape index (κ2) is 12.1. The minimum absolute atomic E-state index is 0.218. The summed E-state index contributed by atoms with van der Waals surface area (Å²) in [5, 5.41) is 8.45. The lowest BCUT2D eigenvalue weighted by Crippen LogP contribution is -2.47. The van der Waals surface area contributed by atoms with E-state index in [-0.39, 0.29) is 11.8 Å². The molecule has 208 valence electrons. The Morgan fingerprint density at radius 1 is 0.643 bits per heavy atom. The molecule has 2 amide bonds. The van der Waals surface area contributed by atoms with Gasteiger partial charge in [-0.3, -0.25) is 9.59 Å². The van der Waals surface area contributed by atoms with Crippen molar-refractivity contribution in [3.63, 3.8) is 0 Å². The number of hydrogen-bond acceptors (Lipinski definition) is 2. The van der Waals surface area contributed by atoms with Crippen LogP contribution in [0.4, 0.5) is 5.69 Å². The minimum atomic E-state index is -0.775. The molecule has 6 rings (SSSR count). The second-order valence-corrected chi connectivity index (χ2v) is 10.5. The largest absolute Gasteiger partial charge is 0.343 e. The molecular formula is C37H33N3O2. The van der Waals surface area contributed by atoms with Gasteiger partial charge in [0, 0.05) is 40.5 Å². The molecule has 5 heteroatoms. The molecule has 5 aromatic carbocycles. The molecule has 0 saturated heterocycles. The van der Waals surface area contributed by atoms with Gasteiger partial charge in [0.25, 0.3) is 0 Å². The predicted molar refractivity (Wildman–Crippen MR) is 171 cm³/mol. The van der Waals surface area contributed by atoms with Crippen molar-refractivity contribution in [1.29, 1.82) is 0 Å². The topological polar surface area (TPSA) is 63.1 Å². The van der Waals surface area contributed by atoms with E-state index in [9.17, 15) is 9.59 Å². The minimum Gasteiger partial charge on any atom is -0.343 e. The first-order valence-electron chi connectivity index (χ1n) is 14.4. The molecule has 0 aliphatic carbocycles. The third-order valence-electron chi connectivity index (χ3n) is 7.80. The summed E-state index contributed by atoms with van der Waals surface area (Å²) in [5.74, 6) is -1.02. The van der Waals surface area contributed by atoms with Crippen LogP contribution < -0.4 is 10.6 Å². The highest BCUT2D eigenvalue weighted by Gasteiger charge is 2.28. The Kier molecular flexibility index (Phi) is 7.82. The van der Waals surface area contributed by atoms with Gasteiger partial charge in [-0.2, -0.15) is 0 Å². The Balaban J connectivity index is 1.32. The summed E-state index contributed by atoms with van der Waals surface area (Å²) in [6, 6.07) is 42.7. The molecule has 0 aliphatic heterocycles. The number of anilines is 1. The number of nitrogens with one attached hydrogen (secondary N) is 2. The maximum atomic E-state index is 14.0. The van der Waals surface area contributed by atoms with Crippen LogP contribution in [0.1, 0.15) is 29.5 Å². The molecule has 0 radical (unpaired) electrons. The standard InChI is InChI=1S/C37H33N3O2/c1-2-40-33-21-13-12-20-30(33)31-25-29(22-23-34(31)40)38-36(41)32(24-26-14-6-3-7-15-26)39-37(42)35(27-16-8-4-9-17-27)28-18-10-5-11-19-28/h3-23,25,32,35H,2,24H2,1H3,(H,38,41)(H,39,42). The first-order valence-corrected chi connectivity index (χ1v) is 14.4. The van der Waals surface area contributed by atoms with Gasteiger partial charge in [0.1, 0.15) is 6.04 Å². The molecule has 42 heavy (non-hydrogen) atoms. The van der Waals surface area contributed by atoms with Crippen molar-refractivity contribution in [1.82, 2.24) is 9.88 Å². The fourth-order valence-electron chi connectivity index (χ4n) is 5.80. The summed E-state index contributed by atoms with van der Waals surface area (Å²) in [7, 11) is 0. The van der Waals surface area contributed by atoms with E-state index < -0.39 is 12.0 Å². The Morgan fingerprint density at radius 2 is 1.21 bits per heavy atom. The number of aryl methyl sites for hydroxylation is 1. The zero-order valence-corrected chi connectivity index (χ0v) is 23.5. The van der Waals surface area contributed by atoms with Crippen LogP contribution in [0.5, 0.6) is 0 Å². The molecule has 0 aliphatic rings. The zero-order chi connectivity index (χ0) is 28.9. The number of fused-ring (bicyclic) bond motifs is 3. The molecular weight excluding hydrogens is 518 g/mol. The molecule has 1 unspecified atom stereocenters. The van der Waals surface area contributed by atoms with Crippen LogP contribution in [0.25, 0.3) is 21.8 Å². The third kappa shape index (κ3) is 5.54. The maximum Gasteiger partial charge on any atom is 0.247 e. The molecule has 1 atom stereocenters. The van der Waals surface area contributed by atoms with Crippen LogP contribution in [0.15, 0.2) is 133 Å². The maximum absolute atomic E-state index is 14.0. The number of rotatable bonds is 9. The number of hydrogen-bond donors (Lipinski definition) is 2. The van der Waals surface area contributed by atoms with E-state index in [4.69, 9.17) is 0 Å². The van der Waals surface area contributed by atoms with Crippen molar-refractivity contribution in [3.05, 3.63) is 150 Å². The van der Waals surface area contributed by atoms with Crippen molar-refractivity contribution in [3.8, 4) is 0 Å². The SMILES string of the molecule is CCn1c2ccccc2c2cc(NC(=O)C(Cc3ccccc3)NC(=O)C(c3ccccc3)c3ccccc3)ccc21. The van der Waals surface area contributed by atoms with Gasteiger partial charge in [-0.05, 0) is 47.9 Å². The van der Waals surface area contributed by atoms with Gasteiger partial charge in [0.05, 0.1) is 5.92 Å². The molecule has 5 nitrogen and oxygen atoms in total. The molecule has 0 saturated carbocycles. The zero-order valence-electron chi connectivity index (χ0n) is 23.5. The van der Waals surface area contributed by atoms with Gasteiger partial charge in [0.2, 0.25) is 11.8 Å². The Hall–Kier alpha value is -5.16. The van der Waals surface area contributed by atoms with Gasteiger partial charge < -0.3 is 15.2 Å². The van der Waals surface area contributed by atoms with Crippen LogP contribution in [-0.4, -0.2) is 22.4 Å². The van der Waals surface area contributed by atoms with E-state index in [2.05, 4.69) is 40.3 Å². The highest BCUT2D eigenvalue weighted by molar-refractivity contribution is 6.10. The van der Waals surface area contributed by atoms with Crippen LogP contribution in [0.3, 0.4) is 0 Å². The molecule has 1 heterocycles. The number of benzene rings is 5. The quantitative estimate of drug-likeness (QED) is 0.198. The van der Waals surface area contributed by atoms with Gasteiger partial charge in [-0.15, -0.1) is 0 Å². The number of amides is 2. The summed E-state index contributed by atoms with van der Waals surface area (Å²) in [4.78, 5) is 27.8. The van der Waals surface area contributed by atoms with Crippen LogP contribution in [0, 0.1) is 0 Å². The summed E-state index contributed by atoms with van der Waals surface area (Å²) in [6.45, 7) is 2.99. The molecule has 1 aromatic heterocycles. The number of nitrogens with zero attached hydrogens (tertiary/aromatic N) is 1. The van der Waals surface area contributed by atoms with Crippen molar-refractivity contribution in [2.45, 2.75) is 31.8 Å². The first kappa shape index (κ1) is 27.0. The summed E-state index contributed by atoms with van der Waals surface area (Å²) >= 11 is 0. The number of carbonyl (C=O) groups excluding carboxylic acids is 2. The van der Waals surface area contributed by atoms with Gasteiger partial charge in [-0.1, -0.05) is 109 Å². The summed E-state index contributed by atoms with van der Waals surface area (Å²) < 4.78 is 2.28. The monoisotopic (exact) mass is 551 g/mol. The van der Waals surface area contributed by atoms with Crippen molar-refractivity contribution in [2.24, 2.45) is 0 Å². The number of para-hydroxylation sites is 1. The molecule has 6 aromatic rings. The second-order valence-electron chi connectivity index (χ2n) is 10.5. The third-order valence-corrected chi connectivity index (χ3v) is 7.80. The van der Waals surface area contributed by atoms with E-state index in [0.717, 1.165) is 39.5 Å². The van der Waals surface area contributed by atoms with E-state index in [1.54, 1.807) is 0 Å². The highest BCUT2D eigenvalue weighted by Crippen LogP contribution is 2.31. The average molecular weight is 552 g/mol. The fraction of sp³-hybridized carbons (Fsp3) is 0.135. The van der Waals surface area contributed by atoms with Crippen LogP contribution in [0.2, 0.25) is 0 Å². The predicted octanol–water partition coefficient (Wildman–Crippen LogP) is 7.31. The molecule has 0 spiro atoms. The van der Waals surface area contributed by atoms with E-state index in [1.165, 1.54) is 5.52 Å². The summed E-state index contributed by atoms with van der Waals surface area (Å²) in [6.07, 6.45) is 0.367. The smallest absolute Gasteiger partial charge is 0.247 e. The molecule has 2 N–H and O–H groups in total. The van der Waals surface area contributed by atoms with Gasteiger partial charge in [0.15, 0.2) is 0 Å². The Morgan fingerprint density at radius 3 is 1.86 bits per heavy atom. The van der Waals surface area contributed by atoms with Crippen molar-refractivity contribution >= 4 is 39.3 Å². The van der Waals surface area contributed by atoms with Gasteiger partial charge in [-0.25, -0.2) is 0 Å². The molecule has 0 bridgehead atoms. The number of carbonyl (C=O) groups is 2. The van der Waals surface area contributed by atoms with Crippen LogP contribution >= 0.6 is 0 Å². The van der Waals surface area contributed by atoms with E-state index >= 15 is 0 Å². The van der Waals surface area contributed by atoms with Crippen molar-refractivity contribution in [2.75, 3.05) is 5.32 Å². The lowest BCUT2D eigenvalue weighted by Gasteiger charge is -2.23.